The Bertz CT molecular complexity index is 909. The highest BCUT2D eigenvalue weighted by Crippen LogP contribution is 2.28. The maximum Gasteiger partial charge on any atom is 0.272 e. The van der Waals surface area contributed by atoms with E-state index < -0.39 is 0 Å². The molecule has 1 aliphatic heterocycles. The van der Waals surface area contributed by atoms with Crippen molar-refractivity contribution in [3.05, 3.63) is 48.3 Å². The van der Waals surface area contributed by atoms with Crippen LogP contribution >= 0.6 is 0 Å². The molecule has 8 nitrogen and oxygen atoms in total. The molecule has 0 atom stereocenters. The van der Waals surface area contributed by atoms with Gasteiger partial charge in [0.25, 0.3) is 11.8 Å². The highest BCUT2D eigenvalue weighted by molar-refractivity contribution is 5.92. The number of likely N-dealkylation sites (tertiary alicyclic amines) is 1. The Balaban J connectivity index is 1.41. The predicted octanol–water partition coefficient (Wildman–Crippen LogP) is 2.93. The molecule has 0 aromatic carbocycles. The molecule has 0 saturated carbocycles. The van der Waals surface area contributed by atoms with Crippen molar-refractivity contribution in [2.75, 3.05) is 13.1 Å². The molecule has 0 N–H and O–H groups in total. The second-order valence-electron chi connectivity index (χ2n) is 7.01. The van der Waals surface area contributed by atoms with Crippen molar-refractivity contribution >= 4 is 5.91 Å². The van der Waals surface area contributed by atoms with Gasteiger partial charge in [-0.05, 0) is 44.9 Å². The van der Waals surface area contributed by atoms with Gasteiger partial charge in [0, 0.05) is 49.2 Å². The van der Waals surface area contributed by atoms with E-state index in [1.54, 1.807) is 29.3 Å². The molecular weight excluding hydrogens is 344 g/mol. The van der Waals surface area contributed by atoms with Crippen molar-refractivity contribution in [1.82, 2.24) is 29.8 Å². The van der Waals surface area contributed by atoms with E-state index in [0.717, 1.165) is 18.4 Å². The van der Waals surface area contributed by atoms with Crippen LogP contribution in [0.1, 0.15) is 55.0 Å². The maximum absolute atomic E-state index is 12.8. The van der Waals surface area contributed by atoms with Crippen LogP contribution in [0.15, 0.2) is 41.3 Å². The first-order valence-corrected chi connectivity index (χ1v) is 9.20. The Morgan fingerprint density at radius 3 is 2.59 bits per heavy atom. The van der Waals surface area contributed by atoms with Crippen molar-refractivity contribution in [1.29, 1.82) is 0 Å². The number of piperidine rings is 1. The molecule has 0 bridgehead atoms. The monoisotopic (exact) mass is 366 g/mol. The van der Waals surface area contributed by atoms with E-state index in [0.29, 0.717) is 30.5 Å². The first-order chi connectivity index (χ1) is 13.1. The highest BCUT2D eigenvalue weighted by atomic mass is 16.5. The smallest absolute Gasteiger partial charge is 0.272 e. The lowest BCUT2D eigenvalue weighted by molar-refractivity contribution is 0.0696. The molecule has 0 unspecified atom stereocenters. The zero-order valence-electron chi connectivity index (χ0n) is 15.4. The van der Waals surface area contributed by atoms with Crippen LogP contribution in [0.2, 0.25) is 0 Å². The number of nitrogens with zero attached hydrogens (tertiary/aromatic N) is 6. The zero-order chi connectivity index (χ0) is 18.8. The van der Waals surface area contributed by atoms with Gasteiger partial charge in [-0.15, -0.1) is 0 Å². The summed E-state index contributed by atoms with van der Waals surface area (Å²) in [5.74, 6) is 1.45. The quantitative estimate of drug-likeness (QED) is 0.705. The van der Waals surface area contributed by atoms with E-state index in [1.165, 1.54) is 0 Å². The minimum absolute atomic E-state index is 0.0326. The molecular formula is C19H22N6O2. The molecule has 0 radical (unpaired) electrons. The Labute approximate surface area is 157 Å². The Hall–Kier alpha value is -3.03. The summed E-state index contributed by atoms with van der Waals surface area (Å²) in [5, 5.41) is 8.41. The van der Waals surface area contributed by atoms with Crippen molar-refractivity contribution < 1.29 is 9.32 Å². The summed E-state index contributed by atoms with van der Waals surface area (Å²) >= 11 is 0. The number of carbonyl (C=O) groups is 1. The normalized spacial score (nSPS) is 15.4. The molecule has 8 heteroatoms. The molecule has 0 spiro atoms. The van der Waals surface area contributed by atoms with E-state index in [-0.39, 0.29) is 17.9 Å². The molecule has 27 heavy (non-hydrogen) atoms. The molecule has 1 fully saturated rings. The van der Waals surface area contributed by atoms with Crippen LogP contribution in [0.4, 0.5) is 0 Å². The number of rotatable bonds is 4. The molecule has 1 amide bonds. The molecule has 1 saturated heterocycles. The summed E-state index contributed by atoms with van der Waals surface area (Å²) in [7, 11) is 0. The van der Waals surface area contributed by atoms with Crippen molar-refractivity contribution in [2.24, 2.45) is 0 Å². The second-order valence-corrected chi connectivity index (χ2v) is 7.01. The lowest BCUT2D eigenvalue weighted by atomic mass is 9.96. The van der Waals surface area contributed by atoms with E-state index in [4.69, 9.17) is 4.52 Å². The van der Waals surface area contributed by atoms with Gasteiger partial charge >= 0.3 is 0 Å². The molecule has 4 heterocycles. The average Bonchev–Trinajstić information content (AvgIpc) is 3.38. The van der Waals surface area contributed by atoms with Crippen LogP contribution in [-0.4, -0.2) is 48.8 Å². The highest BCUT2D eigenvalue weighted by Gasteiger charge is 2.29. The van der Waals surface area contributed by atoms with Gasteiger partial charge in [-0.3, -0.25) is 14.5 Å². The fraction of sp³-hybridized carbons (Fsp3) is 0.421. The molecule has 1 aliphatic rings. The third-order valence-corrected chi connectivity index (χ3v) is 4.89. The first-order valence-electron chi connectivity index (χ1n) is 9.20. The van der Waals surface area contributed by atoms with E-state index in [2.05, 4.69) is 20.2 Å². The summed E-state index contributed by atoms with van der Waals surface area (Å²) in [6.07, 6.45) is 6.71. The van der Waals surface area contributed by atoms with Gasteiger partial charge in [0.05, 0.1) is 0 Å². The number of pyridine rings is 1. The standard InChI is InChI=1S/C19H22N6O2/c1-13(2)25-16(5-10-21-25)19(26)24-11-6-14(7-12-24)17-22-18(27-23-17)15-3-8-20-9-4-15/h3-5,8-10,13-14H,6-7,11-12H2,1-2H3. The van der Waals surface area contributed by atoms with Crippen molar-refractivity contribution in [2.45, 2.75) is 38.6 Å². The minimum Gasteiger partial charge on any atom is -0.337 e. The average molecular weight is 366 g/mol. The molecule has 3 aromatic rings. The van der Waals surface area contributed by atoms with Gasteiger partial charge in [-0.1, -0.05) is 5.16 Å². The van der Waals surface area contributed by atoms with E-state index in [1.807, 2.05) is 30.9 Å². The van der Waals surface area contributed by atoms with Crippen LogP contribution in [0.3, 0.4) is 0 Å². The SMILES string of the molecule is CC(C)n1nccc1C(=O)N1CCC(c2noc(-c3ccncc3)n2)CC1. The Morgan fingerprint density at radius 1 is 1.15 bits per heavy atom. The number of carbonyl (C=O) groups excluding carboxylic acids is 1. The van der Waals surface area contributed by atoms with Crippen LogP contribution in [0.5, 0.6) is 0 Å². The summed E-state index contributed by atoms with van der Waals surface area (Å²) in [5.41, 5.74) is 1.50. The van der Waals surface area contributed by atoms with Crippen LogP contribution in [0, 0.1) is 0 Å². The number of hydrogen-bond donors (Lipinski definition) is 0. The molecule has 4 rings (SSSR count). The summed E-state index contributed by atoms with van der Waals surface area (Å²) in [6, 6.07) is 5.63. The van der Waals surface area contributed by atoms with Gasteiger partial charge in [0.2, 0.25) is 0 Å². The Morgan fingerprint density at radius 2 is 1.89 bits per heavy atom. The predicted molar refractivity (Wildman–Crippen MR) is 98.0 cm³/mol. The number of hydrogen-bond acceptors (Lipinski definition) is 6. The van der Waals surface area contributed by atoms with Gasteiger partial charge in [-0.2, -0.15) is 10.1 Å². The summed E-state index contributed by atoms with van der Waals surface area (Å²) in [4.78, 5) is 23.2. The lowest BCUT2D eigenvalue weighted by Crippen LogP contribution is -2.39. The summed E-state index contributed by atoms with van der Waals surface area (Å²) < 4.78 is 7.17. The molecule has 3 aromatic heterocycles. The summed E-state index contributed by atoms with van der Waals surface area (Å²) in [6.45, 7) is 5.39. The van der Waals surface area contributed by atoms with E-state index >= 15 is 0 Å². The molecule has 140 valence electrons. The lowest BCUT2D eigenvalue weighted by Gasteiger charge is -2.30. The first kappa shape index (κ1) is 17.4. The van der Waals surface area contributed by atoms with E-state index in [9.17, 15) is 4.79 Å². The van der Waals surface area contributed by atoms with Gasteiger partial charge in [0.15, 0.2) is 5.82 Å². The third kappa shape index (κ3) is 3.47. The van der Waals surface area contributed by atoms with Crippen molar-refractivity contribution in [3.63, 3.8) is 0 Å². The van der Waals surface area contributed by atoms with Crippen LogP contribution < -0.4 is 0 Å². The third-order valence-electron chi connectivity index (χ3n) is 4.89. The fourth-order valence-electron chi connectivity index (χ4n) is 3.41. The minimum atomic E-state index is 0.0326. The van der Waals surface area contributed by atoms with Crippen LogP contribution in [-0.2, 0) is 0 Å². The maximum atomic E-state index is 12.8. The topological polar surface area (TPSA) is 89.9 Å². The zero-order valence-corrected chi connectivity index (χ0v) is 15.4. The Kier molecular flexibility index (Phi) is 4.70. The number of amides is 1. The van der Waals surface area contributed by atoms with Crippen molar-refractivity contribution in [3.8, 4) is 11.5 Å². The number of aromatic nitrogens is 5. The van der Waals surface area contributed by atoms with Gasteiger partial charge < -0.3 is 9.42 Å². The van der Waals surface area contributed by atoms with Gasteiger partial charge in [0.1, 0.15) is 5.69 Å². The fourth-order valence-corrected chi connectivity index (χ4v) is 3.41. The van der Waals surface area contributed by atoms with Gasteiger partial charge in [-0.25, -0.2) is 0 Å². The largest absolute Gasteiger partial charge is 0.337 e. The molecule has 0 aliphatic carbocycles. The second kappa shape index (κ2) is 7.30. The van der Waals surface area contributed by atoms with Crippen LogP contribution in [0.25, 0.3) is 11.5 Å².